The average Bonchev–Trinajstić information content (AvgIpc) is 3.52. The van der Waals surface area contributed by atoms with Crippen LogP contribution in [0.3, 0.4) is 0 Å². The molecule has 198 valence electrons. The Morgan fingerprint density at radius 2 is 1.30 bits per heavy atom. The smallest absolute Gasteiger partial charge is 0.155 e. The summed E-state index contributed by atoms with van der Waals surface area (Å²) in [5, 5.41) is 19.4. The fraction of sp³-hybridized carbons (Fsp3) is 0.538. The molecular formula is C26H31Cl2IN6O2. The third kappa shape index (κ3) is 5.75. The Morgan fingerprint density at radius 3 is 1.89 bits per heavy atom. The van der Waals surface area contributed by atoms with Crippen LogP contribution in [0.4, 0.5) is 0 Å². The molecule has 2 fully saturated rings. The van der Waals surface area contributed by atoms with Gasteiger partial charge < -0.3 is 10.2 Å². The standard InChI is InChI=1S/C13H15ClIN3O.C13H16ClN3O/c14-11-10-12(15)17-13(18(10)6-5-16-11)9-3-1-8(7-19)2-4-9;14-12-11-7-16-13(17(11)6-5-15-12)10-3-1-9(8-18)2-4-10/h5-6,8-9,19H,1-4,7H2;5-7,9-10,18H,1-4,8H2. The number of rotatable bonds is 4. The first kappa shape index (κ1) is 27.1. The van der Waals surface area contributed by atoms with Crippen molar-refractivity contribution < 1.29 is 10.2 Å². The van der Waals surface area contributed by atoms with Gasteiger partial charge in [-0.1, -0.05) is 23.2 Å². The number of imidazole rings is 2. The van der Waals surface area contributed by atoms with Crippen molar-refractivity contribution in [2.24, 2.45) is 11.8 Å². The minimum atomic E-state index is 0.308. The van der Waals surface area contributed by atoms with Gasteiger partial charge in [-0.2, -0.15) is 0 Å². The van der Waals surface area contributed by atoms with Crippen LogP contribution in [0.5, 0.6) is 0 Å². The molecule has 0 spiro atoms. The third-order valence-corrected chi connectivity index (χ3v) is 9.20. The van der Waals surface area contributed by atoms with Crippen molar-refractivity contribution in [3.8, 4) is 0 Å². The van der Waals surface area contributed by atoms with Crippen LogP contribution in [0.15, 0.2) is 31.0 Å². The highest BCUT2D eigenvalue weighted by atomic mass is 127. The summed E-state index contributed by atoms with van der Waals surface area (Å²) in [5.41, 5.74) is 1.78. The summed E-state index contributed by atoms with van der Waals surface area (Å²) in [4.78, 5) is 17.4. The Kier molecular flexibility index (Phi) is 8.85. The molecule has 0 radical (unpaired) electrons. The van der Waals surface area contributed by atoms with Gasteiger partial charge in [0.05, 0.1) is 6.20 Å². The molecule has 2 aliphatic carbocycles. The van der Waals surface area contributed by atoms with Crippen molar-refractivity contribution in [1.29, 1.82) is 0 Å². The Labute approximate surface area is 239 Å². The van der Waals surface area contributed by atoms with Crippen LogP contribution in [-0.4, -0.2) is 52.2 Å². The molecule has 0 unspecified atom stereocenters. The van der Waals surface area contributed by atoms with E-state index in [1.54, 1.807) is 18.6 Å². The number of fused-ring (bicyclic) bond motifs is 2. The number of aromatic nitrogens is 6. The van der Waals surface area contributed by atoms with Crippen molar-refractivity contribution in [2.45, 2.75) is 63.2 Å². The molecule has 11 heteroatoms. The van der Waals surface area contributed by atoms with Crippen LogP contribution in [0.2, 0.25) is 10.3 Å². The maximum absolute atomic E-state index is 9.21. The second kappa shape index (κ2) is 12.1. The first-order valence-corrected chi connectivity index (χ1v) is 14.7. The van der Waals surface area contributed by atoms with Crippen molar-refractivity contribution >= 4 is 56.8 Å². The summed E-state index contributed by atoms with van der Waals surface area (Å²) in [7, 11) is 0. The Hall–Kier alpha value is -1.53. The van der Waals surface area contributed by atoms with Gasteiger partial charge in [-0.3, -0.25) is 8.80 Å². The summed E-state index contributed by atoms with van der Waals surface area (Å²) in [6.07, 6.45) is 17.7. The summed E-state index contributed by atoms with van der Waals surface area (Å²) >= 11 is 14.4. The Balaban J connectivity index is 0.000000152. The largest absolute Gasteiger partial charge is 0.396 e. The van der Waals surface area contributed by atoms with E-state index in [2.05, 4.69) is 46.9 Å². The summed E-state index contributed by atoms with van der Waals surface area (Å²) < 4.78 is 5.02. The van der Waals surface area contributed by atoms with Gasteiger partial charge in [0.25, 0.3) is 0 Å². The van der Waals surface area contributed by atoms with Gasteiger partial charge in [0.1, 0.15) is 26.4 Å². The van der Waals surface area contributed by atoms with Gasteiger partial charge in [-0.15, -0.1) is 0 Å². The maximum Gasteiger partial charge on any atom is 0.155 e. The van der Waals surface area contributed by atoms with Crippen LogP contribution in [-0.2, 0) is 0 Å². The van der Waals surface area contributed by atoms with Gasteiger partial charge in [-0.05, 0) is 85.8 Å². The number of aliphatic hydroxyl groups is 2. The zero-order valence-electron chi connectivity index (χ0n) is 20.5. The molecule has 0 amide bonds. The monoisotopic (exact) mass is 656 g/mol. The maximum atomic E-state index is 9.21. The fourth-order valence-electron chi connectivity index (χ4n) is 5.70. The van der Waals surface area contributed by atoms with E-state index in [0.717, 1.165) is 77.7 Å². The van der Waals surface area contributed by atoms with E-state index in [-0.39, 0.29) is 0 Å². The van der Waals surface area contributed by atoms with Crippen LogP contribution in [0.1, 0.15) is 74.9 Å². The molecule has 37 heavy (non-hydrogen) atoms. The van der Waals surface area contributed by atoms with E-state index in [1.165, 1.54) is 0 Å². The molecule has 0 saturated heterocycles. The first-order chi connectivity index (χ1) is 18.0. The van der Waals surface area contributed by atoms with E-state index in [4.69, 9.17) is 28.3 Å². The van der Waals surface area contributed by atoms with E-state index < -0.39 is 0 Å². The minimum Gasteiger partial charge on any atom is -0.396 e. The molecule has 4 aromatic heterocycles. The van der Waals surface area contributed by atoms with Gasteiger partial charge >= 0.3 is 0 Å². The molecule has 2 aliphatic rings. The van der Waals surface area contributed by atoms with E-state index >= 15 is 0 Å². The normalized spacial score (nSPS) is 24.2. The number of aliphatic hydroxyl groups excluding tert-OH is 2. The highest BCUT2D eigenvalue weighted by molar-refractivity contribution is 14.1. The summed E-state index contributed by atoms with van der Waals surface area (Å²) in [6.45, 7) is 0.618. The molecule has 0 aliphatic heterocycles. The topological polar surface area (TPSA) is 101 Å². The molecule has 0 bridgehead atoms. The van der Waals surface area contributed by atoms with Crippen molar-refractivity contribution in [3.05, 3.63) is 56.6 Å². The molecule has 2 saturated carbocycles. The fourth-order valence-corrected chi connectivity index (χ4v) is 7.05. The van der Waals surface area contributed by atoms with E-state index in [9.17, 15) is 5.11 Å². The zero-order chi connectivity index (χ0) is 25.9. The van der Waals surface area contributed by atoms with Crippen LogP contribution in [0, 0.1) is 15.5 Å². The molecule has 8 nitrogen and oxygen atoms in total. The van der Waals surface area contributed by atoms with Crippen molar-refractivity contribution in [3.63, 3.8) is 0 Å². The zero-order valence-corrected chi connectivity index (χ0v) is 24.1. The number of hydrogen-bond acceptors (Lipinski definition) is 6. The second-order valence-electron chi connectivity index (χ2n) is 10.1. The molecule has 0 aromatic carbocycles. The number of nitrogens with zero attached hydrogens (tertiary/aromatic N) is 6. The third-order valence-electron chi connectivity index (χ3n) is 7.88. The number of hydrogen-bond donors (Lipinski definition) is 2. The summed E-state index contributed by atoms with van der Waals surface area (Å²) in [6, 6.07) is 0. The second-order valence-corrected chi connectivity index (χ2v) is 11.8. The highest BCUT2D eigenvalue weighted by Gasteiger charge is 2.27. The first-order valence-electron chi connectivity index (χ1n) is 12.9. The lowest BCUT2D eigenvalue weighted by Crippen LogP contribution is -2.17. The van der Waals surface area contributed by atoms with Gasteiger partial charge in [-0.25, -0.2) is 19.9 Å². The molecule has 6 rings (SSSR count). The lowest BCUT2D eigenvalue weighted by atomic mass is 9.82. The van der Waals surface area contributed by atoms with E-state index in [1.807, 2.05) is 16.8 Å². The molecule has 4 heterocycles. The van der Waals surface area contributed by atoms with Crippen LogP contribution in [0.25, 0.3) is 11.0 Å². The van der Waals surface area contributed by atoms with Gasteiger partial charge in [0.15, 0.2) is 10.3 Å². The SMILES string of the molecule is OCC1CCC(c2nc(I)c3c(Cl)nccn23)CC1.OCC1CCC(c2ncc3c(Cl)nccn23)CC1. The highest BCUT2D eigenvalue weighted by Crippen LogP contribution is 2.37. The lowest BCUT2D eigenvalue weighted by Gasteiger charge is -2.26. The van der Waals surface area contributed by atoms with Crippen LogP contribution >= 0.6 is 45.8 Å². The predicted octanol–water partition coefficient (Wildman–Crippen LogP) is 5.90. The minimum absolute atomic E-state index is 0.308. The molecule has 2 N–H and O–H groups in total. The predicted molar refractivity (Wildman–Crippen MR) is 152 cm³/mol. The Morgan fingerprint density at radius 1 is 0.757 bits per heavy atom. The quantitative estimate of drug-likeness (QED) is 0.265. The van der Waals surface area contributed by atoms with Crippen molar-refractivity contribution in [1.82, 2.24) is 28.7 Å². The van der Waals surface area contributed by atoms with Gasteiger partial charge in [0.2, 0.25) is 0 Å². The average molecular weight is 657 g/mol. The molecule has 0 atom stereocenters. The van der Waals surface area contributed by atoms with Crippen LogP contribution < -0.4 is 0 Å². The van der Waals surface area contributed by atoms with E-state index in [0.29, 0.717) is 47.2 Å². The van der Waals surface area contributed by atoms with Gasteiger partial charge in [0, 0.05) is 49.8 Å². The molecule has 4 aromatic rings. The summed E-state index contributed by atoms with van der Waals surface area (Å²) in [5.74, 6) is 4.02. The Bertz CT molecular complexity index is 1350. The molecular weight excluding hydrogens is 626 g/mol. The number of halogens is 3. The lowest BCUT2D eigenvalue weighted by molar-refractivity contribution is 0.181. The van der Waals surface area contributed by atoms with Crippen molar-refractivity contribution in [2.75, 3.05) is 13.2 Å².